The molecule has 1 saturated heterocycles. The van der Waals surface area contributed by atoms with Crippen LogP contribution in [0.2, 0.25) is 5.02 Å². The molecule has 0 aliphatic carbocycles. The quantitative estimate of drug-likeness (QED) is 0.709. The van der Waals surface area contributed by atoms with Gasteiger partial charge in [0.25, 0.3) is 15.9 Å². The molecule has 1 aromatic carbocycles. The van der Waals surface area contributed by atoms with Gasteiger partial charge in [0.15, 0.2) is 6.10 Å². The second-order valence-corrected chi connectivity index (χ2v) is 9.94. The van der Waals surface area contributed by atoms with Crippen molar-refractivity contribution >= 4 is 38.9 Å². The molecule has 2 heterocycles. The first-order valence-corrected chi connectivity index (χ1v) is 11.4. The van der Waals surface area contributed by atoms with Crippen LogP contribution >= 0.6 is 22.9 Å². The number of sulfonamides is 1. The second-order valence-electron chi connectivity index (χ2n) is 6.17. The Morgan fingerprint density at radius 1 is 1.32 bits per heavy atom. The van der Waals surface area contributed by atoms with E-state index in [4.69, 9.17) is 21.1 Å². The van der Waals surface area contributed by atoms with Gasteiger partial charge in [-0.15, -0.1) is 11.3 Å². The molecule has 0 radical (unpaired) electrons. The van der Waals surface area contributed by atoms with Crippen molar-refractivity contribution in [2.24, 2.45) is 0 Å². The zero-order chi connectivity index (χ0) is 20.1. The number of hydrogen-bond acceptors (Lipinski definition) is 6. The highest BCUT2D eigenvalue weighted by molar-refractivity contribution is 7.91. The molecule has 2 aromatic rings. The van der Waals surface area contributed by atoms with E-state index in [1.807, 2.05) is 0 Å². The molecule has 1 aliphatic rings. The number of benzene rings is 1. The highest BCUT2D eigenvalue weighted by Crippen LogP contribution is 2.25. The number of morpholine rings is 1. The normalized spacial score (nSPS) is 16.5. The van der Waals surface area contributed by atoms with Crippen LogP contribution in [0.3, 0.4) is 0 Å². The molecule has 0 saturated carbocycles. The Labute approximate surface area is 173 Å². The maximum atomic E-state index is 12.6. The van der Waals surface area contributed by atoms with Crippen LogP contribution in [0.5, 0.6) is 5.75 Å². The van der Waals surface area contributed by atoms with E-state index in [1.165, 1.54) is 4.31 Å². The third-order valence-electron chi connectivity index (χ3n) is 4.12. The highest BCUT2D eigenvalue weighted by Gasteiger charge is 2.27. The molecule has 1 atom stereocenters. The fourth-order valence-corrected chi connectivity index (χ4v) is 5.66. The summed E-state index contributed by atoms with van der Waals surface area (Å²) in [5, 5.41) is 3.29. The van der Waals surface area contributed by atoms with E-state index in [2.05, 4.69) is 5.32 Å². The number of rotatable bonds is 7. The maximum Gasteiger partial charge on any atom is 0.261 e. The van der Waals surface area contributed by atoms with E-state index in [1.54, 1.807) is 43.3 Å². The average molecular weight is 445 g/mol. The largest absolute Gasteiger partial charge is 0.481 e. The Kier molecular flexibility index (Phi) is 6.95. The van der Waals surface area contributed by atoms with Gasteiger partial charge in [-0.1, -0.05) is 17.7 Å². The van der Waals surface area contributed by atoms with E-state index < -0.39 is 16.1 Å². The summed E-state index contributed by atoms with van der Waals surface area (Å²) in [4.78, 5) is 13.0. The van der Waals surface area contributed by atoms with Crippen molar-refractivity contribution in [2.75, 3.05) is 26.3 Å². The molecule has 1 aliphatic heterocycles. The lowest BCUT2D eigenvalue weighted by Crippen LogP contribution is -2.40. The van der Waals surface area contributed by atoms with Crippen LogP contribution in [0, 0.1) is 0 Å². The minimum absolute atomic E-state index is 0.228. The standard InChI is InChI=1S/C18H21ClN2O5S2/c1-13(26-15-4-2-3-14(19)11-15)18(22)20-12-16-5-6-17(27-16)28(23,24)21-7-9-25-10-8-21/h2-6,11,13H,7-10,12H2,1H3,(H,20,22)/t13-/m0/s1. The first kappa shape index (κ1) is 21.1. The number of carbonyl (C=O) groups is 1. The topological polar surface area (TPSA) is 84.9 Å². The summed E-state index contributed by atoms with van der Waals surface area (Å²) in [5.74, 6) is 0.205. The van der Waals surface area contributed by atoms with Gasteiger partial charge in [-0.05, 0) is 37.3 Å². The molecule has 0 spiro atoms. The Morgan fingerprint density at radius 3 is 2.79 bits per heavy atom. The number of carbonyl (C=O) groups excluding carboxylic acids is 1. The molecule has 1 amide bonds. The van der Waals surface area contributed by atoms with Gasteiger partial charge in [0.2, 0.25) is 0 Å². The summed E-state index contributed by atoms with van der Waals surface area (Å²) in [5.41, 5.74) is 0. The van der Waals surface area contributed by atoms with Crippen molar-refractivity contribution in [1.29, 1.82) is 0 Å². The van der Waals surface area contributed by atoms with Gasteiger partial charge >= 0.3 is 0 Å². The monoisotopic (exact) mass is 444 g/mol. The summed E-state index contributed by atoms with van der Waals surface area (Å²) in [6, 6.07) is 10.1. The summed E-state index contributed by atoms with van der Waals surface area (Å²) in [6.45, 7) is 3.37. The number of nitrogens with zero attached hydrogens (tertiary/aromatic N) is 1. The fraction of sp³-hybridized carbons (Fsp3) is 0.389. The molecule has 1 N–H and O–H groups in total. The van der Waals surface area contributed by atoms with E-state index >= 15 is 0 Å². The van der Waals surface area contributed by atoms with Crippen molar-refractivity contribution in [1.82, 2.24) is 9.62 Å². The molecular formula is C18H21ClN2O5S2. The van der Waals surface area contributed by atoms with Crippen LogP contribution in [0.15, 0.2) is 40.6 Å². The Hall–Kier alpha value is -1.65. The van der Waals surface area contributed by atoms with Gasteiger partial charge in [-0.2, -0.15) is 4.31 Å². The molecule has 1 fully saturated rings. The molecule has 0 bridgehead atoms. The molecule has 10 heteroatoms. The SMILES string of the molecule is C[C@H](Oc1cccc(Cl)c1)C(=O)NCc1ccc(S(=O)(=O)N2CCOCC2)s1. The number of halogens is 1. The smallest absolute Gasteiger partial charge is 0.261 e. The predicted octanol–water partition coefficient (Wildman–Crippen LogP) is 2.51. The van der Waals surface area contributed by atoms with Gasteiger partial charge in [0.05, 0.1) is 19.8 Å². The van der Waals surface area contributed by atoms with Gasteiger partial charge in [-0.25, -0.2) is 8.42 Å². The Balaban J connectivity index is 1.55. The van der Waals surface area contributed by atoms with Crippen LogP contribution in [0.1, 0.15) is 11.8 Å². The minimum Gasteiger partial charge on any atom is -0.481 e. The minimum atomic E-state index is -3.52. The number of amides is 1. The number of nitrogens with one attached hydrogen (secondary N) is 1. The van der Waals surface area contributed by atoms with Crippen molar-refractivity contribution in [3.05, 3.63) is 46.3 Å². The van der Waals surface area contributed by atoms with Gasteiger partial charge in [0.1, 0.15) is 9.96 Å². The summed E-state index contributed by atoms with van der Waals surface area (Å²) < 4.78 is 37.7. The lowest BCUT2D eigenvalue weighted by Gasteiger charge is -2.25. The van der Waals surface area contributed by atoms with Crippen LogP contribution in [0.25, 0.3) is 0 Å². The van der Waals surface area contributed by atoms with E-state index in [9.17, 15) is 13.2 Å². The first-order valence-electron chi connectivity index (χ1n) is 8.73. The number of hydrogen-bond donors (Lipinski definition) is 1. The van der Waals surface area contributed by atoms with Gasteiger partial charge in [0, 0.05) is 23.0 Å². The maximum absolute atomic E-state index is 12.6. The summed E-state index contributed by atoms with van der Waals surface area (Å²) in [7, 11) is -3.52. The highest BCUT2D eigenvalue weighted by atomic mass is 35.5. The molecule has 28 heavy (non-hydrogen) atoms. The van der Waals surface area contributed by atoms with Crippen LogP contribution < -0.4 is 10.1 Å². The average Bonchev–Trinajstić information content (AvgIpc) is 3.16. The van der Waals surface area contributed by atoms with Crippen molar-refractivity contribution in [2.45, 2.75) is 23.8 Å². The zero-order valence-corrected chi connectivity index (χ0v) is 17.6. The van der Waals surface area contributed by atoms with E-state index in [-0.39, 0.29) is 16.7 Å². The van der Waals surface area contributed by atoms with Gasteiger partial charge < -0.3 is 14.8 Å². The molecule has 0 unspecified atom stereocenters. The van der Waals surface area contributed by atoms with Crippen molar-refractivity contribution in [3.63, 3.8) is 0 Å². The number of thiophene rings is 1. The van der Waals surface area contributed by atoms with Crippen molar-refractivity contribution in [3.8, 4) is 5.75 Å². The molecule has 1 aromatic heterocycles. The molecule has 7 nitrogen and oxygen atoms in total. The Morgan fingerprint density at radius 2 is 2.07 bits per heavy atom. The second kappa shape index (κ2) is 9.23. The van der Waals surface area contributed by atoms with Crippen molar-refractivity contribution < 1.29 is 22.7 Å². The summed E-state index contributed by atoms with van der Waals surface area (Å²) >= 11 is 7.06. The van der Waals surface area contributed by atoms with E-state index in [0.29, 0.717) is 37.1 Å². The predicted molar refractivity (Wildman–Crippen MR) is 107 cm³/mol. The fourth-order valence-electron chi connectivity index (χ4n) is 2.62. The lowest BCUT2D eigenvalue weighted by molar-refractivity contribution is -0.127. The Bertz CT molecular complexity index is 926. The molecule has 3 rings (SSSR count). The molecule has 152 valence electrons. The third kappa shape index (κ3) is 5.24. The zero-order valence-electron chi connectivity index (χ0n) is 15.3. The molecular weight excluding hydrogens is 424 g/mol. The van der Waals surface area contributed by atoms with Crippen LogP contribution in [0.4, 0.5) is 0 Å². The first-order chi connectivity index (χ1) is 13.4. The van der Waals surface area contributed by atoms with E-state index in [0.717, 1.165) is 16.2 Å². The van der Waals surface area contributed by atoms with Crippen LogP contribution in [-0.4, -0.2) is 51.0 Å². The third-order valence-corrected chi connectivity index (χ3v) is 7.80. The van der Waals surface area contributed by atoms with Crippen LogP contribution in [-0.2, 0) is 26.1 Å². The van der Waals surface area contributed by atoms with Gasteiger partial charge in [-0.3, -0.25) is 4.79 Å². The summed E-state index contributed by atoms with van der Waals surface area (Å²) in [6.07, 6.45) is -0.713. The lowest BCUT2D eigenvalue weighted by atomic mass is 10.3. The number of ether oxygens (including phenoxy) is 2.